The third kappa shape index (κ3) is 2.64. The first-order valence-corrected chi connectivity index (χ1v) is 10.4. The molecule has 0 aliphatic carbocycles. The molecule has 3 amide bonds. The maximum atomic E-state index is 13.3. The lowest BCUT2D eigenvalue weighted by molar-refractivity contribution is -0.130. The molecule has 1 fully saturated rings. The van der Waals surface area contributed by atoms with Gasteiger partial charge in [0, 0.05) is 10.2 Å². The molecule has 0 spiro atoms. The molecule has 5 nitrogen and oxygen atoms in total. The van der Waals surface area contributed by atoms with Crippen LogP contribution in [0.1, 0.15) is 37.9 Å². The number of carbonyl (C=O) groups excluding carboxylic acids is 3. The number of fused-ring (bicyclic) bond motifs is 1. The van der Waals surface area contributed by atoms with E-state index in [9.17, 15) is 14.4 Å². The van der Waals surface area contributed by atoms with Gasteiger partial charge in [-0.05, 0) is 42.8 Å². The predicted octanol–water partition coefficient (Wildman–Crippen LogP) is 4.51. The average molecular weight is 461 g/mol. The molecule has 3 aromatic carbocycles. The van der Waals surface area contributed by atoms with Gasteiger partial charge in [-0.3, -0.25) is 19.3 Å². The fourth-order valence-electron chi connectivity index (χ4n) is 4.20. The van der Waals surface area contributed by atoms with Gasteiger partial charge in [-0.25, -0.2) is 0 Å². The lowest BCUT2D eigenvalue weighted by atomic mass is 9.86. The van der Waals surface area contributed by atoms with E-state index in [-0.39, 0.29) is 5.91 Å². The lowest BCUT2D eigenvalue weighted by Crippen LogP contribution is -2.67. The number of imide groups is 1. The molecule has 0 aromatic heterocycles. The molecule has 2 aliphatic heterocycles. The Hall–Kier alpha value is -3.25. The van der Waals surface area contributed by atoms with Crippen LogP contribution in [0.2, 0.25) is 0 Å². The number of carbonyl (C=O) groups is 3. The Bertz CT molecular complexity index is 1170. The SMILES string of the molecule is Cc1ccc(N2C(=O)[C@H](N3C(=O)c4ccccc4C3=O)[C@H]2c2ccccc2Br)cc1. The van der Waals surface area contributed by atoms with Crippen LogP contribution in [0.4, 0.5) is 5.69 Å². The van der Waals surface area contributed by atoms with Crippen LogP contribution in [0.3, 0.4) is 0 Å². The van der Waals surface area contributed by atoms with Gasteiger partial charge in [-0.1, -0.05) is 64.0 Å². The van der Waals surface area contributed by atoms with Crippen molar-refractivity contribution in [3.63, 3.8) is 0 Å². The zero-order valence-electron chi connectivity index (χ0n) is 16.1. The fourth-order valence-corrected chi connectivity index (χ4v) is 4.72. The van der Waals surface area contributed by atoms with E-state index in [4.69, 9.17) is 0 Å². The van der Waals surface area contributed by atoms with Crippen LogP contribution >= 0.6 is 15.9 Å². The average Bonchev–Trinajstić information content (AvgIpc) is 3.00. The number of nitrogens with zero attached hydrogens (tertiary/aromatic N) is 2. The summed E-state index contributed by atoms with van der Waals surface area (Å²) in [6, 6.07) is 20.6. The minimum absolute atomic E-state index is 0.269. The highest BCUT2D eigenvalue weighted by atomic mass is 79.9. The minimum Gasteiger partial charge on any atom is -0.300 e. The monoisotopic (exact) mass is 460 g/mol. The number of amides is 3. The summed E-state index contributed by atoms with van der Waals surface area (Å²) in [7, 11) is 0. The molecule has 0 saturated carbocycles. The van der Waals surface area contributed by atoms with Crippen LogP contribution in [0.25, 0.3) is 0 Å². The Morgan fingerprint density at radius 2 is 1.27 bits per heavy atom. The van der Waals surface area contributed by atoms with Gasteiger partial charge in [0.05, 0.1) is 17.2 Å². The summed E-state index contributed by atoms with van der Waals surface area (Å²) < 4.78 is 0.821. The molecule has 0 radical (unpaired) electrons. The number of rotatable bonds is 3. The second-order valence-electron chi connectivity index (χ2n) is 7.48. The van der Waals surface area contributed by atoms with E-state index in [0.717, 1.165) is 26.2 Å². The van der Waals surface area contributed by atoms with Gasteiger partial charge in [0.1, 0.15) is 6.04 Å². The highest BCUT2D eigenvalue weighted by Gasteiger charge is 2.57. The standard InChI is InChI=1S/C24H17BrN2O3/c1-14-10-12-15(13-11-14)26-20(18-8-4-5-9-19(18)25)21(24(26)30)27-22(28)16-6-2-3-7-17(16)23(27)29/h2-13,20-21H,1H3/t20-,21-/m1/s1. The van der Waals surface area contributed by atoms with Crippen LogP contribution in [-0.4, -0.2) is 28.7 Å². The van der Waals surface area contributed by atoms with Gasteiger partial charge in [0.25, 0.3) is 17.7 Å². The third-order valence-corrected chi connectivity index (χ3v) is 6.43. The molecule has 1 saturated heterocycles. The van der Waals surface area contributed by atoms with Crippen molar-refractivity contribution in [1.82, 2.24) is 4.90 Å². The Morgan fingerprint density at radius 3 is 1.87 bits per heavy atom. The second-order valence-corrected chi connectivity index (χ2v) is 8.34. The highest BCUT2D eigenvalue weighted by molar-refractivity contribution is 9.10. The predicted molar refractivity (Wildman–Crippen MR) is 116 cm³/mol. The number of benzene rings is 3. The first-order chi connectivity index (χ1) is 14.5. The maximum Gasteiger partial charge on any atom is 0.262 e. The van der Waals surface area contributed by atoms with Crippen molar-refractivity contribution in [3.8, 4) is 0 Å². The Morgan fingerprint density at radius 1 is 0.700 bits per heavy atom. The number of hydrogen-bond acceptors (Lipinski definition) is 3. The molecule has 2 aliphatic rings. The zero-order valence-corrected chi connectivity index (χ0v) is 17.7. The van der Waals surface area contributed by atoms with Crippen molar-refractivity contribution in [1.29, 1.82) is 0 Å². The fraction of sp³-hybridized carbons (Fsp3) is 0.125. The van der Waals surface area contributed by atoms with Crippen LogP contribution in [0, 0.1) is 6.92 Å². The Labute approximate surface area is 182 Å². The number of halogens is 1. The van der Waals surface area contributed by atoms with Crippen LogP contribution in [0.5, 0.6) is 0 Å². The van der Waals surface area contributed by atoms with Gasteiger partial charge in [0.15, 0.2) is 0 Å². The normalized spacial score (nSPS) is 20.4. The first-order valence-electron chi connectivity index (χ1n) is 9.60. The van der Waals surface area contributed by atoms with Gasteiger partial charge in [0.2, 0.25) is 0 Å². The van der Waals surface area contributed by atoms with Gasteiger partial charge in [-0.15, -0.1) is 0 Å². The van der Waals surface area contributed by atoms with Crippen molar-refractivity contribution < 1.29 is 14.4 Å². The molecule has 0 N–H and O–H groups in total. The third-order valence-electron chi connectivity index (χ3n) is 5.71. The van der Waals surface area contributed by atoms with Gasteiger partial charge in [-0.2, -0.15) is 0 Å². The largest absolute Gasteiger partial charge is 0.300 e. The number of hydrogen-bond donors (Lipinski definition) is 0. The van der Waals surface area contributed by atoms with Crippen molar-refractivity contribution in [2.45, 2.75) is 19.0 Å². The molecule has 30 heavy (non-hydrogen) atoms. The van der Waals surface area contributed by atoms with Crippen molar-refractivity contribution in [2.24, 2.45) is 0 Å². The molecule has 0 unspecified atom stereocenters. The van der Waals surface area contributed by atoms with Crippen molar-refractivity contribution >= 4 is 39.3 Å². The number of aryl methyl sites for hydroxylation is 1. The van der Waals surface area contributed by atoms with E-state index in [2.05, 4.69) is 15.9 Å². The van der Waals surface area contributed by atoms with E-state index in [1.807, 2.05) is 55.5 Å². The topological polar surface area (TPSA) is 57.7 Å². The molecule has 2 heterocycles. The second kappa shape index (κ2) is 6.92. The summed E-state index contributed by atoms with van der Waals surface area (Å²) in [4.78, 5) is 42.2. The van der Waals surface area contributed by atoms with E-state index in [1.165, 1.54) is 0 Å². The lowest BCUT2D eigenvalue weighted by Gasteiger charge is -2.50. The zero-order chi connectivity index (χ0) is 21.0. The summed E-state index contributed by atoms with van der Waals surface area (Å²) in [5, 5.41) is 0. The summed E-state index contributed by atoms with van der Waals surface area (Å²) >= 11 is 3.57. The highest BCUT2D eigenvalue weighted by Crippen LogP contribution is 2.45. The molecule has 5 rings (SSSR count). The molecule has 0 bridgehead atoms. The quantitative estimate of drug-likeness (QED) is 0.426. The summed E-state index contributed by atoms with van der Waals surface area (Å²) in [5.74, 6) is -1.11. The van der Waals surface area contributed by atoms with Crippen molar-refractivity contribution in [3.05, 3.63) is 99.5 Å². The van der Waals surface area contributed by atoms with E-state index < -0.39 is 23.9 Å². The molecule has 2 atom stereocenters. The summed E-state index contributed by atoms with van der Waals surface area (Å²) in [5.41, 5.74) is 3.35. The molecular formula is C24H17BrN2O3. The summed E-state index contributed by atoms with van der Waals surface area (Å²) in [6.07, 6.45) is 0. The molecule has 6 heteroatoms. The molecular weight excluding hydrogens is 444 g/mol. The van der Waals surface area contributed by atoms with Gasteiger partial charge >= 0.3 is 0 Å². The van der Waals surface area contributed by atoms with Gasteiger partial charge < -0.3 is 4.90 Å². The van der Waals surface area contributed by atoms with E-state index in [1.54, 1.807) is 29.2 Å². The minimum atomic E-state index is -0.891. The van der Waals surface area contributed by atoms with Crippen LogP contribution in [-0.2, 0) is 4.79 Å². The number of β-lactam (4-membered cyclic amide) rings is 1. The number of anilines is 1. The summed E-state index contributed by atoms with van der Waals surface area (Å²) in [6.45, 7) is 1.98. The molecule has 148 valence electrons. The first kappa shape index (κ1) is 18.8. The van der Waals surface area contributed by atoms with E-state index >= 15 is 0 Å². The van der Waals surface area contributed by atoms with Crippen molar-refractivity contribution in [2.75, 3.05) is 4.90 Å². The van der Waals surface area contributed by atoms with E-state index in [0.29, 0.717) is 11.1 Å². The Balaban J connectivity index is 1.61. The maximum absolute atomic E-state index is 13.3. The Kier molecular flexibility index (Phi) is 4.33. The van der Waals surface area contributed by atoms with Crippen LogP contribution in [0.15, 0.2) is 77.3 Å². The van der Waals surface area contributed by atoms with Crippen LogP contribution < -0.4 is 4.90 Å². The molecule has 3 aromatic rings. The smallest absolute Gasteiger partial charge is 0.262 e.